The second-order valence-electron chi connectivity index (χ2n) is 5.47. The highest BCUT2D eigenvalue weighted by Crippen LogP contribution is 2.29. The minimum absolute atomic E-state index is 0.0552. The fraction of sp³-hybridized carbons (Fsp3) is 0.571. The first-order valence-electron chi connectivity index (χ1n) is 6.12. The minimum atomic E-state index is 0.0552. The molecule has 1 aromatic carbocycles. The number of ether oxygens (including phenoxy) is 1. The molecular formula is C14H22N2O. The fourth-order valence-electron chi connectivity index (χ4n) is 2.32. The Morgan fingerprint density at radius 2 is 2.06 bits per heavy atom. The van der Waals surface area contributed by atoms with Crippen LogP contribution >= 0.6 is 0 Å². The predicted octanol–water partition coefficient (Wildman–Crippen LogP) is 1.80. The molecule has 1 aliphatic heterocycles. The zero-order valence-electron chi connectivity index (χ0n) is 10.9. The highest BCUT2D eigenvalue weighted by Gasteiger charge is 2.38. The van der Waals surface area contributed by atoms with E-state index >= 15 is 0 Å². The quantitative estimate of drug-likeness (QED) is 0.866. The Morgan fingerprint density at radius 3 is 2.59 bits per heavy atom. The molecule has 1 aromatic rings. The summed E-state index contributed by atoms with van der Waals surface area (Å²) in [6.07, 6.45) is 0. The van der Waals surface area contributed by atoms with Crippen LogP contribution in [0.5, 0.6) is 0 Å². The van der Waals surface area contributed by atoms with Gasteiger partial charge >= 0.3 is 0 Å². The summed E-state index contributed by atoms with van der Waals surface area (Å²) in [4.78, 5) is 2.26. The summed E-state index contributed by atoms with van der Waals surface area (Å²) in [5.41, 5.74) is 8.69. The number of benzene rings is 1. The normalized spacial score (nSPS) is 28.4. The molecule has 0 aliphatic carbocycles. The maximum atomic E-state index is 6.11. The van der Waals surface area contributed by atoms with Gasteiger partial charge < -0.3 is 15.4 Å². The van der Waals surface area contributed by atoms with Crippen LogP contribution in [0.1, 0.15) is 12.5 Å². The molecule has 0 bridgehead atoms. The van der Waals surface area contributed by atoms with Crippen LogP contribution in [0.2, 0.25) is 0 Å². The summed E-state index contributed by atoms with van der Waals surface area (Å²) < 4.78 is 5.48. The van der Waals surface area contributed by atoms with E-state index in [1.54, 1.807) is 0 Å². The molecule has 1 saturated heterocycles. The van der Waals surface area contributed by atoms with Crippen molar-refractivity contribution in [3.8, 4) is 0 Å². The van der Waals surface area contributed by atoms with Gasteiger partial charge in [-0.25, -0.2) is 0 Å². The van der Waals surface area contributed by atoms with E-state index in [9.17, 15) is 0 Å². The van der Waals surface area contributed by atoms with Gasteiger partial charge in [0, 0.05) is 30.7 Å². The van der Waals surface area contributed by atoms with Crippen molar-refractivity contribution in [1.29, 1.82) is 0 Å². The summed E-state index contributed by atoms with van der Waals surface area (Å²) in [7, 11) is 2.11. The van der Waals surface area contributed by atoms with Crippen LogP contribution in [0.15, 0.2) is 24.3 Å². The van der Waals surface area contributed by atoms with Crippen molar-refractivity contribution >= 4 is 5.69 Å². The molecule has 2 unspecified atom stereocenters. The van der Waals surface area contributed by atoms with Gasteiger partial charge in [-0.2, -0.15) is 0 Å². The Morgan fingerprint density at radius 1 is 1.41 bits per heavy atom. The highest BCUT2D eigenvalue weighted by atomic mass is 16.5. The monoisotopic (exact) mass is 234 g/mol. The zero-order valence-corrected chi connectivity index (χ0v) is 10.9. The Hall–Kier alpha value is -1.06. The Labute approximate surface area is 104 Å². The average molecular weight is 234 g/mol. The number of nitrogens with two attached hydrogens (primary N) is 1. The van der Waals surface area contributed by atoms with Crippen molar-refractivity contribution < 1.29 is 4.74 Å². The van der Waals surface area contributed by atoms with E-state index in [1.807, 2.05) is 0 Å². The van der Waals surface area contributed by atoms with E-state index in [2.05, 4.69) is 50.1 Å². The molecule has 2 N–H and O–H groups in total. The molecule has 94 valence electrons. The molecule has 0 spiro atoms. The molecule has 17 heavy (non-hydrogen) atoms. The van der Waals surface area contributed by atoms with Crippen LogP contribution in [-0.2, 0) is 4.74 Å². The zero-order chi connectivity index (χ0) is 12.5. The lowest BCUT2D eigenvalue weighted by molar-refractivity contribution is 0.162. The maximum absolute atomic E-state index is 6.11. The first-order chi connectivity index (χ1) is 8.01. The van der Waals surface area contributed by atoms with Crippen LogP contribution in [0.4, 0.5) is 5.69 Å². The smallest absolute Gasteiger partial charge is 0.0624 e. The lowest BCUT2D eigenvalue weighted by Gasteiger charge is -2.33. The lowest BCUT2D eigenvalue weighted by Crippen LogP contribution is -2.46. The van der Waals surface area contributed by atoms with Gasteiger partial charge in [-0.1, -0.05) is 24.6 Å². The summed E-state index contributed by atoms with van der Waals surface area (Å²) >= 11 is 0. The molecule has 2 rings (SSSR count). The number of nitrogens with zero attached hydrogens (tertiary/aromatic N) is 1. The van der Waals surface area contributed by atoms with Gasteiger partial charge in [0.15, 0.2) is 0 Å². The third-order valence-corrected chi connectivity index (χ3v) is 3.70. The molecule has 1 aliphatic rings. The maximum Gasteiger partial charge on any atom is 0.0624 e. The largest absolute Gasteiger partial charge is 0.379 e. The summed E-state index contributed by atoms with van der Waals surface area (Å²) in [5, 5.41) is 0. The third-order valence-electron chi connectivity index (χ3n) is 3.70. The second kappa shape index (κ2) is 4.67. The third kappa shape index (κ3) is 2.61. The highest BCUT2D eigenvalue weighted by molar-refractivity contribution is 5.47. The van der Waals surface area contributed by atoms with Gasteiger partial charge in [0.05, 0.1) is 13.2 Å². The van der Waals surface area contributed by atoms with Crippen LogP contribution in [0.25, 0.3) is 0 Å². The number of hydrogen-bond donors (Lipinski definition) is 1. The summed E-state index contributed by atoms with van der Waals surface area (Å²) in [6.45, 7) is 6.67. The molecule has 3 heteroatoms. The average Bonchev–Trinajstić information content (AvgIpc) is 2.60. The molecule has 0 aromatic heterocycles. The van der Waals surface area contributed by atoms with E-state index in [0.29, 0.717) is 6.61 Å². The van der Waals surface area contributed by atoms with Gasteiger partial charge in [0.1, 0.15) is 0 Å². The van der Waals surface area contributed by atoms with Gasteiger partial charge in [-0.05, 0) is 19.1 Å². The van der Waals surface area contributed by atoms with Crippen molar-refractivity contribution in [2.75, 3.05) is 31.7 Å². The Kier molecular flexibility index (Phi) is 3.40. The molecule has 0 amide bonds. The summed E-state index contributed by atoms with van der Waals surface area (Å²) in [5.74, 6) is 0. The van der Waals surface area contributed by atoms with Crippen molar-refractivity contribution in [1.82, 2.24) is 0 Å². The molecule has 2 atom stereocenters. The van der Waals surface area contributed by atoms with E-state index in [1.165, 1.54) is 11.3 Å². The van der Waals surface area contributed by atoms with Crippen molar-refractivity contribution in [3.05, 3.63) is 29.8 Å². The van der Waals surface area contributed by atoms with Gasteiger partial charge in [0.2, 0.25) is 0 Å². The molecule has 1 fully saturated rings. The number of aryl methyl sites for hydroxylation is 1. The lowest BCUT2D eigenvalue weighted by atomic mass is 9.85. The van der Waals surface area contributed by atoms with Gasteiger partial charge in [-0.3, -0.25) is 0 Å². The molecular weight excluding hydrogens is 212 g/mol. The molecule has 1 heterocycles. The van der Waals surface area contributed by atoms with Gasteiger partial charge in [0.25, 0.3) is 0 Å². The van der Waals surface area contributed by atoms with E-state index in [0.717, 1.165) is 13.2 Å². The van der Waals surface area contributed by atoms with Crippen LogP contribution in [-0.4, -0.2) is 32.8 Å². The second-order valence-corrected chi connectivity index (χ2v) is 5.47. The van der Waals surface area contributed by atoms with Crippen molar-refractivity contribution in [2.24, 2.45) is 11.1 Å². The number of rotatable bonds is 3. The Balaban J connectivity index is 2.06. The summed E-state index contributed by atoms with van der Waals surface area (Å²) in [6, 6.07) is 8.72. The fourth-order valence-corrected chi connectivity index (χ4v) is 2.32. The predicted molar refractivity (Wildman–Crippen MR) is 71.4 cm³/mol. The van der Waals surface area contributed by atoms with Crippen molar-refractivity contribution in [2.45, 2.75) is 19.9 Å². The first-order valence-corrected chi connectivity index (χ1v) is 6.12. The molecule has 0 radical (unpaired) electrons. The van der Waals surface area contributed by atoms with Crippen molar-refractivity contribution in [3.63, 3.8) is 0 Å². The van der Waals surface area contributed by atoms with Gasteiger partial charge in [-0.15, -0.1) is 0 Å². The molecule has 0 saturated carbocycles. The van der Waals surface area contributed by atoms with Crippen LogP contribution in [0.3, 0.4) is 0 Å². The van der Waals surface area contributed by atoms with E-state index < -0.39 is 0 Å². The number of hydrogen-bond acceptors (Lipinski definition) is 3. The topological polar surface area (TPSA) is 38.5 Å². The van der Waals surface area contributed by atoms with Crippen LogP contribution in [0, 0.1) is 12.3 Å². The minimum Gasteiger partial charge on any atom is -0.379 e. The number of anilines is 1. The van der Waals surface area contributed by atoms with E-state index in [-0.39, 0.29) is 11.5 Å². The SMILES string of the molecule is Cc1ccc(N(C)CC2(C)COCC2N)cc1. The van der Waals surface area contributed by atoms with Crippen LogP contribution < -0.4 is 10.6 Å². The first kappa shape index (κ1) is 12.4. The standard InChI is InChI=1S/C14H22N2O/c1-11-4-6-12(7-5-11)16(3)9-14(2)10-17-8-13(14)15/h4-7,13H,8-10,15H2,1-3H3. The van der Waals surface area contributed by atoms with E-state index in [4.69, 9.17) is 10.5 Å². The molecule has 3 nitrogen and oxygen atoms in total. The Bertz CT molecular complexity index is 376.